The minimum absolute atomic E-state index is 0.139. The summed E-state index contributed by atoms with van der Waals surface area (Å²) in [5.74, 6) is 1.65. The minimum atomic E-state index is -0.351. The fraction of sp³-hybridized carbons (Fsp3) is 0.263. The molecule has 0 atom stereocenters. The number of halogens is 1. The van der Waals surface area contributed by atoms with Gasteiger partial charge < -0.3 is 14.2 Å². The number of rotatable bonds is 5. The van der Waals surface area contributed by atoms with Gasteiger partial charge in [-0.05, 0) is 55.8 Å². The highest BCUT2D eigenvalue weighted by molar-refractivity contribution is 6.30. The van der Waals surface area contributed by atoms with E-state index in [0.29, 0.717) is 41.2 Å². The predicted octanol–water partition coefficient (Wildman–Crippen LogP) is 3.34. The van der Waals surface area contributed by atoms with E-state index in [0.717, 1.165) is 11.1 Å². The second-order valence-electron chi connectivity index (χ2n) is 5.79. The Morgan fingerprint density at radius 1 is 1.19 bits per heavy atom. The Kier molecular flexibility index (Phi) is 5.63. The Hall–Kier alpha value is -2.73. The number of benzene rings is 2. The summed E-state index contributed by atoms with van der Waals surface area (Å²) in [7, 11) is 0. The van der Waals surface area contributed by atoms with Gasteiger partial charge in [-0.15, -0.1) is 0 Å². The van der Waals surface area contributed by atoms with E-state index in [-0.39, 0.29) is 12.5 Å². The Morgan fingerprint density at radius 2 is 1.96 bits per heavy atom. The van der Waals surface area contributed by atoms with Crippen molar-refractivity contribution in [1.82, 2.24) is 5.43 Å². The summed E-state index contributed by atoms with van der Waals surface area (Å²) in [6, 6.07) is 10.8. The quantitative estimate of drug-likeness (QED) is 0.643. The van der Waals surface area contributed by atoms with E-state index in [1.54, 1.807) is 25.1 Å². The summed E-state index contributed by atoms with van der Waals surface area (Å²) in [6.07, 6.45) is 0. The van der Waals surface area contributed by atoms with Crippen LogP contribution in [0.3, 0.4) is 0 Å². The van der Waals surface area contributed by atoms with E-state index >= 15 is 0 Å². The van der Waals surface area contributed by atoms with Crippen molar-refractivity contribution in [2.24, 2.45) is 5.10 Å². The van der Waals surface area contributed by atoms with Gasteiger partial charge in [0.15, 0.2) is 18.1 Å². The Morgan fingerprint density at radius 3 is 2.73 bits per heavy atom. The van der Waals surface area contributed by atoms with Crippen molar-refractivity contribution >= 4 is 23.2 Å². The highest BCUT2D eigenvalue weighted by Crippen LogP contribution is 2.30. The number of carbonyl (C=O) groups is 1. The molecule has 0 saturated heterocycles. The summed E-state index contributed by atoms with van der Waals surface area (Å²) in [5, 5.41) is 4.74. The zero-order valence-electron chi connectivity index (χ0n) is 14.5. The van der Waals surface area contributed by atoms with Gasteiger partial charge in [-0.1, -0.05) is 11.6 Å². The smallest absolute Gasteiger partial charge is 0.277 e. The van der Waals surface area contributed by atoms with Crippen molar-refractivity contribution in [2.45, 2.75) is 13.8 Å². The fourth-order valence-electron chi connectivity index (χ4n) is 2.43. The molecule has 0 radical (unpaired) electrons. The first-order valence-electron chi connectivity index (χ1n) is 8.15. The molecule has 0 aliphatic carbocycles. The molecule has 7 heteroatoms. The number of nitrogens with zero attached hydrogens (tertiary/aromatic N) is 1. The molecule has 26 heavy (non-hydrogen) atoms. The zero-order chi connectivity index (χ0) is 18.5. The molecule has 6 nitrogen and oxygen atoms in total. The lowest BCUT2D eigenvalue weighted by atomic mass is 10.1. The topological polar surface area (TPSA) is 69.2 Å². The summed E-state index contributed by atoms with van der Waals surface area (Å²) < 4.78 is 16.5. The van der Waals surface area contributed by atoms with Crippen LogP contribution in [0.1, 0.15) is 18.1 Å². The number of aryl methyl sites for hydroxylation is 1. The number of nitrogens with one attached hydrogen (secondary N) is 1. The van der Waals surface area contributed by atoms with Crippen LogP contribution < -0.4 is 19.6 Å². The molecule has 2 aromatic carbocycles. The third kappa shape index (κ3) is 4.46. The third-order valence-corrected chi connectivity index (χ3v) is 4.04. The van der Waals surface area contributed by atoms with Gasteiger partial charge in [0.05, 0.1) is 5.71 Å². The van der Waals surface area contributed by atoms with Crippen molar-refractivity contribution in [1.29, 1.82) is 0 Å². The summed E-state index contributed by atoms with van der Waals surface area (Å²) in [5.41, 5.74) is 4.84. The second kappa shape index (κ2) is 8.10. The van der Waals surface area contributed by atoms with E-state index in [4.69, 9.17) is 25.8 Å². The maximum absolute atomic E-state index is 11.9. The van der Waals surface area contributed by atoms with Crippen LogP contribution >= 0.6 is 11.6 Å². The first kappa shape index (κ1) is 18.1. The van der Waals surface area contributed by atoms with E-state index in [2.05, 4.69) is 10.5 Å². The highest BCUT2D eigenvalue weighted by atomic mass is 35.5. The third-order valence-electron chi connectivity index (χ3n) is 3.80. The van der Waals surface area contributed by atoms with Gasteiger partial charge in [-0.3, -0.25) is 4.79 Å². The van der Waals surface area contributed by atoms with Crippen molar-refractivity contribution in [2.75, 3.05) is 19.8 Å². The fourth-order valence-corrected chi connectivity index (χ4v) is 2.66. The molecule has 1 aliphatic rings. The molecule has 0 spiro atoms. The lowest BCUT2D eigenvalue weighted by Gasteiger charge is -2.18. The van der Waals surface area contributed by atoms with Crippen molar-refractivity contribution < 1.29 is 19.0 Å². The molecule has 0 unspecified atom stereocenters. The van der Waals surface area contributed by atoms with Gasteiger partial charge in [-0.2, -0.15) is 5.10 Å². The minimum Gasteiger partial charge on any atom is -0.486 e. The average molecular weight is 375 g/mol. The monoisotopic (exact) mass is 374 g/mol. The molecule has 0 saturated carbocycles. The Labute approximate surface area is 156 Å². The maximum atomic E-state index is 11.9. The van der Waals surface area contributed by atoms with Gasteiger partial charge in [0, 0.05) is 10.6 Å². The SMILES string of the molecule is C/C(=N/NC(=O)COc1ccc(Cl)cc1C)c1ccc2c(c1)OCCO2. The van der Waals surface area contributed by atoms with Gasteiger partial charge in [0.1, 0.15) is 19.0 Å². The molecule has 2 aromatic rings. The number of fused-ring (bicyclic) bond motifs is 1. The summed E-state index contributed by atoms with van der Waals surface area (Å²) in [6.45, 7) is 4.59. The van der Waals surface area contributed by atoms with Crippen LogP contribution in [0.4, 0.5) is 0 Å². The number of hydrogen-bond acceptors (Lipinski definition) is 5. The van der Waals surface area contributed by atoms with Crippen LogP contribution in [-0.2, 0) is 4.79 Å². The lowest BCUT2D eigenvalue weighted by molar-refractivity contribution is -0.123. The number of carbonyl (C=O) groups excluding carboxylic acids is 1. The van der Waals surface area contributed by atoms with E-state index in [9.17, 15) is 4.79 Å². The molecule has 1 aliphatic heterocycles. The van der Waals surface area contributed by atoms with E-state index in [1.165, 1.54) is 0 Å². The van der Waals surface area contributed by atoms with Gasteiger partial charge in [0.25, 0.3) is 5.91 Å². The van der Waals surface area contributed by atoms with Crippen molar-refractivity contribution in [3.8, 4) is 17.2 Å². The molecule has 0 aromatic heterocycles. The summed E-state index contributed by atoms with van der Waals surface area (Å²) in [4.78, 5) is 11.9. The maximum Gasteiger partial charge on any atom is 0.277 e. The van der Waals surface area contributed by atoms with Gasteiger partial charge in [-0.25, -0.2) is 5.43 Å². The Bertz CT molecular complexity index is 851. The molecule has 1 amide bonds. The first-order valence-corrected chi connectivity index (χ1v) is 8.53. The Balaban J connectivity index is 1.57. The number of ether oxygens (including phenoxy) is 3. The first-order chi connectivity index (χ1) is 12.5. The predicted molar refractivity (Wildman–Crippen MR) is 99.5 cm³/mol. The number of amides is 1. The van der Waals surface area contributed by atoms with E-state index < -0.39 is 0 Å². The van der Waals surface area contributed by atoms with Gasteiger partial charge in [0.2, 0.25) is 0 Å². The molecular weight excluding hydrogens is 356 g/mol. The molecule has 1 N–H and O–H groups in total. The molecule has 0 bridgehead atoms. The lowest BCUT2D eigenvalue weighted by Crippen LogP contribution is -2.25. The van der Waals surface area contributed by atoms with Crippen LogP contribution in [0.25, 0.3) is 0 Å². The number of hydrazone groups is 1. The molecule has 1 heterocycles. The normalized spacial score (nSPS) is 13.3. The van der Waals surface area contributed by atoms with E-state index in [1.807, 2.05) is 25.1 Å². The largest absolute Gasteiger partial charge is 0.486 e. The van der Waals surface area contributed by atoms with Crippen LogP contribution in [0.2, 0.25) is 5.02 Å². The number of hydrogen-bond donors (Lipinski definition) is 1. The van der Waals surface area contributed by atoms with Crippen LogP contribution in [0.15, 0.2) is 41.5 Å². The highest BCUT2D eigenvalue weighted by Gasteiger charge is 2.13. The molecule has 136 valence electrons. The molecular formula is C19H19ClN2O4. The standard InChI is InChI=1S/C19H19ClN2O4/c1-12-9-15(20)4-6-16(12)26-11-19(23)22-21-13(2)14-3-5-17-18(10-14)25-8-7-24-17/h3-6,9-10H,7-8,11H2,1-2H3,(H,22,23)/b21-13-. The van der Waals surface area contributed by atoms with Crippen LogP contribution in [-0.4, -0.2) is 31.4 Å². The van der Waals surface area contributed by atoms with Crippen LogP contribution in [0, 0.1) is 6.92 Å². The second-order valence-corrected chi connectivity index (χ2v) is 6.23. The average Bonchev–Trinajstić information content (AvgIpc) is 2.65. The van der Waals surface area contributed by atoms with Gasteiger partial charge >= 0.3 is 0 Å². The van der Waals surface area contributed by atoms with Crippen molar-refractivity contribution in [3.05, 3.63) is 52.5 Å². The zero-order valence-corrected chi connectivity index (χ0v) is 15.3. The molecule has 3 rings (SSSR count). The van der Waals surface area contributed by atoms with Crippen LogP contribution in [0.5, 0.6) is 17.2 Å². The molecule has 0 fully saturated rings. The summed E-state index contributed by atoms with van der Waals surface area (Å²) >= 11 is 5.90. The van der Waals surface area contributed by atoms with Crippen molar-refractivity contribution in [3.63, 3.8) is 0 Å².